The van der Waals surface area contributed by atoms with E-state index in [4.69, 9.17) is 0 Å². The smallest absolute Gasteiger partial charge is 0.179 e. The summed E-state index contributed by atoms with van der Waals surface area (Å²) in [5.41, 5.74) is 2.03. The van der Waals surface area contributed by atoms with Crippen LogP contribution in [-0.2, 0) is 6.54 Å². The third-order valence-electron chi connectivity index (χ3n) is 3.22. The monoisotopic (exact) mass is 289 g/mol. The number of rotatable bonds is 5. The number of hydrogen-bond acceptors (Lipinski definition) is 2. The summed E-state index contributed by atoms with van der Waals surface area (Å²) in [5, 5.41) is 0. The molecule has 0 aliphatic rings. The summed E-state index contributed by atoms with van der Waals surface area (Å²) in [6, 6.07) is 10.9. The maximum absolute atomic E-state index is 13.5. The van der Waals surface area contributed by atoms with Crippen molar-refractivity contribution in [1.29, 1.82) is 0 Å². The van der Waals surface area contributed by atoms with Crippen LogP contribution in [0.2, 0.25) is 0 Å². The van der Waals surface area contributed by atoms with E-state index in [0.717, 1.165) is 23.8 Å². The van der Waals surface area contributed by atoms with E-state index < -0.39 is 17.4 Å². The second-order valence-corrected chi connectivity index (χ2v) is 5.21. The van der Waals surface area contributed by atoms with Crippen LogP contribution in [0, 0.1) is 18.6 Å². The molecule has 2 aromatic carbocycles. The van der Waals surface area contributed by atoms with E-state index in [1.807, 2.05) is 31.2 Å². The largest absolute Gasteiger partial charge is 0.295 e. The molecule has 0 radical (unpaired) electrons. The van der Waals surface area contributed by atoms with Gasteiger partial charge in [0.25, 0.3) is 0 Å². The van der Waals surface area contributed by atoms with Crippen LogP contribution in [0.25, 0.3) is 0 Å². The van der Waals surface area contributed by atoms with Crippen molar-refractivity contribution in [3.63, 3.8) is 0 Å². The van der Waals surface area contributed by atoms with Crippen molar-refractivity contribution in [1.82, 2.24) is 4.90 Å². The van der Waals surface area contributed by atoms with Crippen LogP contribution in [0.3, 0.4) is 0 Å². The van der Waals surface area contributed by atoms with Gasteiger partial charge in [-0.2, -0.15) is 0 Å². The molecule has 0 aliphatic carbocycles. The second kappa shape index (κ2) is 6.59. The van der Waals surface area contributed by atoms with E-state index in [-0.39, 0.29) is 12.1 Å². The summed E-state index contributed by atoms with van der Waals surface area (Å²) in [7, 11) is 1.77. The third kappa shape index (κ3) is 4.20. The summed E-state index contributed by atoms with van der Waals surface area (Å²) in [6.45, 7) is 2.61. The zero-order valence-electron chi connectivity index (χ0n) is 12.1. The molecular weight excluding hydrogens is 272 g/mol. The molecule has 0 N–H and O–H groups in total. The average Bonchev–Trinajstić information content (AvgIpc) is 2.44. The van der Waals surface area contributed by atoms with Crippen molar-refractivity contribution in [3.8, 4) is 0 Å². The highest BCUT2D eigenvalue weighted by Crippen LogP contribution is 2.12. The van der Waals surface area contributed by atoms with Gasteiger partial charge in [0.15, 0.2) is 5.78 Å². The highest BCUT2D eigenvalue weighted by atomic mass is 19.1. The predicted octanol–water partition coefficient (Wildman–Crippen LogP) is 3.59. The maximum Gasteiger partial charge on any atom is 0.179 e. The molecule has 0 amide bonds. The SMILES string of the molecule is Cc1ccc(CN(C)CC(=O)c2cc(F)ccc2F)cc1. The lowest BCUT2D eigenvalue weighted by Gasteiger charge is -2.16. The molecule has 21 heavy (non-hydrogen) atoms. The van der Waals surface area contributed by atoms with Crippen LogP contribution in [0.4, 0.5) is 8.78 Å². The van der Waals surface area contributed by atoms with Crippen molar-refractivity contribution in [2.75, 3.05) is 13.6 Å². The van der Waals surface area contributed by atoms with Crippen molar-refractivity contribution >= 4 is 5.78 Å². The molecule has 0 aliphatic heterocycles. The molecule has 0 spiro atoms. The minimum Gasteiger partial charge on any atom is -0.295 e. The number of aryl methyl sites for hydroxylation is 1. The first-order valence-corrected chi connectivity index (χ1v) is 6.68. The Hall–Kier alpha value is -2.07. The Kier molecular flexibility index (Phi) is 4.81. The number of carbonyl (C=O) groups excluding carboxylic acids is 1. The molecule has 0 aromatic heterocycles. The van der Waals surface area contributed by atoms with Crippen LogP contribution in [0.15, 0.2) is 42.5 Å². The van der Waals surface area contributed by atoms with Gasteiger partial charge in [-0.05, 0) is 37.7 Å². The molecule has 2 nitrogen and oxygen atoms in total. The number of benzene rings is 2. The van der Waals surface area contributed by atoms with Gasteiger partial charge in [0.1, 0.15) is 11.6 Å². The molecule has 110 valence electrons. The van der Waals surface area contributed by atoms with Crippen molar-refractivity contribution in [2.24, 2.45) is 0 Å². The molecule has 2 rings (SSSR count). The summed E-state index contributed by atoms with van der Waals surface area (Å²) in [4.78, 5) is 13.8. The predicted molar refractivity (Wildman–Crippen MR) is 78.2 cm³/mol. The molecule has 0 saturated carbocycles. The zero-order chi connectivity index (χ0) is 15.4. The van der Waals surface area contributed by atoms with Gasteiger partial charge in [-0.15, -0.1) is 0 Å². The summed E-state index contributed by atoms with van der Waals surface area (Å²) >= 11 is 0. The Morgan fingerprint density at radius 3 is 2.43 bits per heavy atom. The molecule has 4 heteroatoms. The highest BCUT2D eigenvalue weighted by molar-refractivity contribution is 5.97. The van der Waals surface area contributed by atoms with Crippen LogP contribution in [0.1, 0.15) is 21.5 Å². The minimum absolute atomic E-state index is 0.0360. The molecule has 0 bridgehead atoms. The number of halogens is 2. The standard InChI is InChI=1S/C17H17F2NO/c1-12-3-5-13(6-4-12)10-20(2)11-17(21)15-9-14(18)7-8-16(15)19/h3-9H,10-11H2,1-2H3. The number of ketones is 1. The van der Waals surface area contributed by atoms with Crippen LogP contribution < -0.4 is 0 Å². The van der Waals surface area contributed by atoms with Gasteiger partial charge in [0.2, 0.25) is 0 Å². The van der Waals surface area contributed by atoms with Crippen molar-refractivity contribution < 1.29 is 13.6 Å². The van der Waals surface area contributed by atoms with E-state index in [0.29, 0.717) is 6.54 Å². The van der Waals surface area contributed by atoms with Crippen LogP contribution >= 0.6 is 0 Å². The van der Waals surface area contributed by atoms with Crippen molar-refractivity contribution in [3.05, 3.63) is 70.8 Å². The first-order valence-electron chi connectivity index (χ1n) is 6.68. The normalized spacial score (nSPS) is 10.9. The fourth-order valence-electron chi connectivity index (χ4n) is 2.10. The number of likely N-dealkylation sites (N-methyl/N-ethyl adjacent to an activating group) is 1. The van der Waals surface area contributed by atoms with Gasteiger partial charge >= 0.3 is 0 Å². The first-order chi connectivity index (χ1) is 9.95. The Balaban J connectivity index is 2.01. The minimum atomic E-state index is -0.690. The Morgan fingerprint density at radius 1 is 1.10 bits per heavy atom. The summed E-state index contributed by atoms with van der Waals surface area (Å²) < 4.78 is 26.6. The lowest BCUT2D eigenvalue weighted by molar-refractivity contribution is 0.0938. The van der Waals surface area contributed by atoms with Gasteiger partial charge in [-0.25, -0.2) is 8.78 Å². The molecule has 2 aromatic rings. The van der Waals surface area contributed by atoms with Crippen LogP contribution in [-0.4, -0.2) is 24.3 Å². The lowest BCUT2D eigenvalue weighted by Crippen LogP contribution is -2.26. The van der Waals surface area contributed by atoms with E-state index in [1.165, 1.54) is 5.56 Å². The number of hydrogen-bond donors (Lipinski definition) is 0. The fraction of sp³-hybridized carbons (Fsp3) is 0.235. The lowest BCUT2D eigenvalue weighted by atomic mass is 10.1. The van der Waals surface area contributed by atoms with Crippen molar-refractivity contribution in [2.45, 2.75) is 13.5 Å². The first kappa shape index (κ1) is 15.3. The quantitative estimate of drug-likeness (QED) is 0.784. The van der Waals surface area contributed by atoms with E-state index >= 15 is 0 Å². The fourth-order valence-corrected chi connectivity index (χ4v) is 2.10. The summed E-state index contributed by atoms with van der Waals surface area (Å²) in [5.74, 6) is -1.73. The Bertz CT molecular complexity index is 638. The van der Waals surface area contributed by atoms with Gasteiger partial charge in [0.05, 0.1) is 12.1 Å². The zero-order valence-corrected chi connectivity index (χ0v) is 12.1. The third-order valence-corrected chi connectivity index (χ3v) is 3.22. The Morgan fingerprint density at radius 2 is 1.76 bits per heavy atom. The van der Waals surface area contributed by atoms with Gasteiger partial charge in [-0.3, -0.25) is 9.69 Å². The Labute approximate surface area is 123 Å². The maximum atomic E-state index is 13.5. The average molecular weight is 289 g/mol. The van der Waals surface area contributed by atoms with Gasteiger partial charge in [0, 0.05) is 6.54 Å². The topological polar surface area (TPSA) is 20.3 Å². The molecule has 0 saturated heterocycles. The van der Waals surface area contributed by atoms with E-state index in [1.54, 1.807) is 11.9 Å². The number of Topliss-reactive ketones (excluding diaryl/α,β-unsaturated/α-hetero) is 1. The number of nitrogens with zero attached hydrogens (tertiary/aromatic N) is 1. The molecule has 0 unspecified atom stereocenters. The molecular formula is C17H17F2NO. The second-order valence-electron chi connectivity index (χ2n) is 5.21. The number of carbonyl (C=O) groups is 1. The molecule has 0 atom stereocenters. The van der Waals surface area contributed by atoms with Gasteiger partial charge in [-0.1, -0.05) is 29.8 Å². The summed E-state index contributed by atoms with van der Waals surface area (Å²) in [6.07, 6.45) is 0. The van der Waals surface area contributed by atoms with E-state index in [2.05, 4.69) is 0 Å². The van der Waals surface area contributed by atoms with Crippen LogP contribution in [0.5, 0.6) is 0 Å². The highest BCUT2D eigenvalue weighted by Gasteiger charge is 2.15. The molecule has 0 fully saturated rings. The molecule has 0 heterocycles. The van der Waals surface area contributed by atoms with E-state index in [9.17, 15) is 13.6 Å². The van der Waals surface area contributed by atoms with Gasteiger partial charge < -0.3 is 0 Å².